The van der Waals surface area contributed by atoms with Crippen LogP contribution in [0.1, 0.15) is 58.7 Å². The molecule has 0 aromatic carbocycles. The number of hydrogen-bond acceptors (Lipinski definition) is 4. The van der Waals surface area contributed by atoms with Crippen molar-refractivity contribution >= 4 is 11.3 Å². The highest BCUT2D eigenvalue weighted by Crippen LogP contribution is 2.25. The zero-order valence-corrected chi connectivity index (χ0v) is 15.7. The maximum atomic E-state index is 4.72. The van der Waals surface area contributed by atoms with Gasteiger partial charge >= 0.3 is 0 Å². The minimum Gasteiger partial charge on any atom is -0.367 e. The van der Waals surface area contributed by atoms with Gasteiger partial charge in [0.25, 0.3) is 0 Å². The normalized spacial score (nSPS) is 17.0. The van der Waals surface area contributed by atoms with Crippen LogP contribution in [0.2, 0.25) is 0 Å². The summed E-state index contributed by atoms with van der Waals surface area (Å²) >= 11 is 0. The van der Waals surface area contributed by atoms with Crippen molar-refractivity contribution in [3.05, 3.63) is 24.2 Å². The molecule has 2 aromatic rings. The molecule has 0 radical (unpaired) electrons. The summed E-state index contributed by atoms with van der Waals surface area (Å²) in [5, 5.41) is 4.72. The third kappa shape index (κ3) is 3.41. The molecule has 1 saturated heterocycles. The molecule has 5 nitrogen and oxygen atoms in total. The van der Waals surface area contributed by atoms with Crippen LogP contribution in [0.3, 0.4) is 0 Å². The van der Waals surface area contributed by atoms with E-state index in [1.165, 1.54) is 18.5 Å². The third-order valence-corrected chi connectivity index (χ3v) is 5.38. The van der Waals surface area contributed by atoms with Crippen LogP contribution >= 0.6 is 0 Å². The van der Waals surface area contributed by atoms with E-state index in [0.29, 0.717) is 18.0 Å². The Balaban J connectivity index is 1.69. The Morgan fingerprint density at radius 2 is 2.00 bits per heavy atom. The van der Waals surface area contributed by atoms with Gasteiger partial charge in [0.1, 0.15) is 0 Å². The Morgan fingerprint density at radius 3 is 2.67 bits per heavy atom. The third-order valence-electron chi connectivity index (χ3n) is 5.38. The topological polar surface area (TPSA) is 36.7 Å². The number of pyridine rings is 1. The molecule has 1 atom stereocenters. The predicted octanol–water partition coefficient (Wildman–Crippen LogP) is 3.55. The molecule has 0 N–H and O–H groups in total. The van der Waals surface area contributed by atoms with Crippen molar-refractivity contribution in [1.29, 1.82) is 0 Å². The van der Waals surface area contributed by atoms with Gasteiger partial charge in [-0.3, -0.25) is 4.90 Å². The Bertz CT molecular complexity index is 671. The van der Waals surface area contributed by atoms with Gasteiger partial charge in [-0.1, -0.05) is 26.7 Å². The highest BCUT2D eigenvalue weighted by molar-refractivity contribution is 5.53. The first-order chi connectivity index (χ1) is 11.5. The molecule has 0 amide bonds. The van der Waals surface area contributed by atoms with Gasteiger partial charge in [-0.15, -0.1) is 0 Å². The number of anilines is 1. The van der Waals surface area contributed by atoms with Crippen molar-refractivity contribution < 1.29 is 0 Å². The number of aromatic nitrogens is 3. The van der Waals surface area contributed by atoms with E-state index in [2.05, 4.69) is 62.9 Å². The fraction of sp³-hybridized carbons (Fsp3) is 0.684. The van der Waals surface area contributed by atoms with E-state index in [0.717, 1.165) is 31.0 Å². The number of hydrogen-bond donors (Lipinski definition) is 0. The van der Waals surface area contributed by atoms with Crippen LogP contribution in [0, 0.1) is 0 Å². The SMILES string of the molecule is CCCCC(C)c1nc2ccc(N3CC(N(C)C(C)C)C3)cn2n1. The molecule has 1 fully saturated rings. The molecule has 0 saturated carbocycles. The lowest BCUT2D eigenvalue weighted by molar-refractivity contribution is 0.165. The number of unbranched alkanes of at least 4 members (excludes halogenated alkanes) is 1. The van der Waals surface area contributed by atoms with Gasteiger partial charge in [0.05, 0.1) is 11.9 Å². The standard InChI is InChI=1S/C19H31N5/c1-6-7-8-15(4)19-20-18-10-9-16(13-24(18)21-19)23-11-17(12-23)22(5)14(2)3/h9-10,13-15,17H,6-8,11-12H2,1-5H3. The number of rotatable bonds is 7. The average molecular weight is 329 g/mol. The predicted molar refractivity (Wildman–Crippen MR) is 99.8 cm³/mol. The van der Waals surface area contributed by atoms with Crippen molar-refractivity contribution in [3.63, 3.8) is 0 Å². The van der Waals surface area contributed by atoms with E-state index in [4.69, 9.17) is 10.1 Å². The molecule has 1 aliphatic rings. The summed E-state index contributed by atoms with van der Waals surface area (Å²) in [6.45, 7) is 11.2. The fourth-order valence-corrected chi connectivity index (χ4v) is 3.27. The monoisotopic (exact) mass is 329 g/mol. The lowest BCUT2D eigenvalue weighted by Gasteiger charge is -2.46. The molecule has 2 aromatic heterocycles. The minimum atomic E-state index is 0.432. The molecular weight excluding hydrogens is 298 g/mol. The number of likely N-dealkylation sites (N-methyl/N-ethyl adjacent to an activating group) is 1. The molecular formula is C19H31N5. The van der Waals surface area contributed by atoms with Crippen LogP contribution in [-0.4, -0.2) is 51.7 Å². The van der Waals surface area contributed by atoms with Gasteiger partial charge in [0.15, 0.2) is 11.5 Å². The molecule has 24 heavy (non-hydrogen) atoms. The largest absolute Gasteiger partial charge is 0.367 e. The van der Waals surface area contributed by atoms with Crippen molar-refractivity contribution in [2.75, 3.05) is 25.0 Å². The summed E-state index contributed by atoms with van der Waals surface area (Å²) in [6.07, 6.45) is 5.75. The summed E-state index contributed by atoms with van der Waals surface area (Å²) in [5.41, 5.74) is 2.20. The maximum Gasteiger partial charge on any atom is 0.155 e. The summed E-state index contributed by atoms with van der Waals surface area (Å²) in [5.74, 6) is 1.41. The van der Waals surface area contributed by atoms with Crippen molar-refractivity contribution in [1.82, 2.24) is 19.5 Å². The smallest absolute Gasteiger partial charge is 0.155 e. The van der Waals surface area contributed by atoms with Gasteiger partial charge in [0.2, 0.25) is 0 Å². The van der Waals surface area contributed by atoms with Crippen molar-refractivity contribution in [3.8, 4) is 0 Å². The zero-order valence-electron chi connectivity index (χ0n) is 15.7. The quantitative estimate of drug-likeness (QED) is 0.778. The fourth-order valence-electron chi connectivity index (χ4n) is 3.27. The van der Waals surface area contributed by atoms with E-state index in [1.54, 1.807) is 0 Å². The van der Waals surface area contributed by atoms with Crippen LogP contribution < -0.4 is 4.90 Å². The van der Waals surface area contributed by atoms with Gasteiger partial charge < -0.3 is 4.90 Å². The van der Waals surface area contributed by atoms with E-state index in [1.807, 2.05) is 4.52 Å². The molecule has 1 unspecified atom stereocenters. The molecule has 0 spiro atoms. The van der Waals surface area contributed by atoms with Crippen LogP contribution in [0.15, 0.2) is 18.3 Å². The molecule has 1 aliphatic heterocycles. The van der Waals surface area contributed by atoms with Gasteiger partial charge in [-0.2, -0.15) is 5.10 Å². The number of fused-ring (bicyclic) bond motifs is 1. The lowest BCUT2D eigenvalue weighted by Crippen LogP contribution is -2.60. The Labute approximate surface area is 145 Å². The second kappa shape index (κ2) is 7.09. The molecule has 3 rings (SSSR count). The van der Waals surface area contributed by atoms with Crippen LogP contribution in [0.25, 0.3) is 5.65 Å². The van der Waals surface area contributed by atoms with E-state index < -0.39 is 0 Å². The number of nitrogens with zero attached hydrogens (tertiary/aromatic N) is 5. The highest BCUT2D eigenvalue weighted by Gasteiger charge is 2.31. The van der Waals surface area contributed by atoms with E-state index in [9.17, 15) is 0 Å². The first-order valence-corrected chi connectivity index (χ1v) is 9.32. The van der Waals surface area contributed by atoms with E-state index in [-0.39, 0.29) is 0 Å². The second-order valence-corrected chi connectivity index (χ2v) is 7.52. The lowest BCUT2D eigenvalue weighted by atomic mass is 10.0. The summed E-state index contributed by atoms with van der Waals surface area (Å²) in [7, 11) is 2.22. The molecule has 0 bridgehead atoms. The second-order valence-electron chi connectivity index (χ2n) is 7.52. The Kier molecular flexibility index (Phi) is 5.09. The zero-order chi connectivity index (χ0) is 17.3. The Morgan fingerprint density at radius 1 is 1.25 bits per heavy atom. The average Bonchev–Trinajstić information content (AvgIpc) is 2.94. The first-order valence-electron chi connectivity index (χ1n) is 9.32. The Hall–Kier alpha value is -1.62. The summed E-state index contributed by atoms with van der Waals surface area (Å²) in [6, 6.07) is 5.52. The summed E-state index contributed by atoms with van der Waals surface area (Å²) < 4.78 is 1.95. The highest BCUT2D eigenvalue weighted by atomic mass is 15.3. The van der Waals surface area contributed by atoms with Gasteiger partial charge in [-0.25, -0.2) is 9.50 Å². The van der Waals surface area contributed by atoms with Crippen molar-refractivity contribution in [2.45, 2.75) is 65.0 Å². The molecule has 132 valence electrons. The molecule has 3 heterocycles. The van der Waals surface area contributed by atoms with Crippen LogP contribution in [0.5, 0.6) is 0 Å². The molecule has 5 heteroatoms. The summed E-state index contributed by atoms with van der Waals surface area (Å²) in [4.78, 5) is 9.58. The maximum absolute atomic E-state index is 4.72. The van der Waals surface area contributed by atoms with Crippen LogP contribution in [0.4, 0.5) is 5.69 Å². The van der Waals surface area contributed by atoms with Crippen LogP contribution in [-0.2, 0) is 0 Å². The van der Waals surface area contributed by atoms with Gasteiger partial charge in [-0.05, 0) is 39.4 Å². The minimum absolute atomic E-state index is 0.432. The van der Waals surface area contributed by atoms with Crippen molar-refractivity contribution in [2.24, 2.45) is 0 Å². The van der Waals surface area contributed by atoms with Gasteiger partial charge in [0, 0.05) is 31.1 Å². The van der Waals surface area contributed by atoms with E-state index >= 15 is 0 Å². The molecule has 0 aliphatic carbocycles. The first kappa shape index (κ1) is 17.2.